The molecular weight excluding hydrogens is 518 g/mol. The molecule has 3 fully saturated rings. The molecule has 4 aliphatic heterocycles. The Bertz CT molecular complexity index is 1390. The van der Waals surface area contributed by atoms with Gasteiger partial charge in [0.2, 0.25) is 5.95 Å². The fourth-order valence-electron chi connectivity index (χ4n) is 6.47. The summed E-state index contributed by atoms with van der Waals surface area (Å²) >= 11 is 0. The van der Waals surface area contributed by atoms with Crippen molar-refractivity contribution in [3.05, 3.63) is 59.9 Å². The molecule has 7 rings (SSSR count). The maximum atomic E-state index is 6.37. The Kier molecular flexibility index (Phi) is 6.81. The van der Waals surface area contributed by atoms with Gasteiger partial charge in [-0.1, -0.05) is 13.0 Å². The standard InChI is InChI=1S/C31H39N7O3/c1-30(2)17-26-31(3,20-41-30)23-18-33-29(34-21-7-9-22(10-8-21)37-12-15-39-16-13-37)36-28(23)38(26)27-6-4-5-24(35-27)25-19-32-11-14-40-25/h4-10,18,25-26,32H,11-17,19-20H2,1-3H3,(H,33,34,36)/t25-,26+,31+/m1/s1. The third-order valence-corrected chi connectivity index (χ3v) is 8.87. The molecule has 10 heteroatoms. The highest BCUT2D eigenvalue weighted by Crippen LogP contribution is 2.53. The van der Waals surface area contributed by atoms with Crippen molar-refractivity contribution in [2.24, 2.45) is 0 Å². The summed E-state index contributed by atoms with van der Waals surface area (Å²) in [4.78, 5) is 19.7. The second-order valence-corrected chi connectivity index (χ2v) is 12.2. The molecule has 0 bridgehead atoms. The van der Waals surface area contributed by atoms with Crippen LogP contribution in [0.5, 0.6) is 0 Å². The number of aromatic nitrogens is 3. The average molecular weight is 558 g/mol. The van der Waals surface area contributed by atoms with Crippen LogP contribution >= 0.6 is 0 Å². The molecule has 0 aliphatic carbocycles. The second-order valence-electron chi connectivity index (χ2n) is 12.2. The Morgan fingerprint density at radius 2 is 1.83 bits per heavy atom. The Balaban J connectivity index is 1.22. The van der Waals surface area contributed by atoms with Crippen LogP contribution in [-0.2, 0) is 19.6 Å². The number of pyridine rings is 1. The van der Waals surface area contributed by atoms with Crippen LogP contribution in [-0.4, -0.2) is 79.2 Å². The van der Waals surface area contributed by atoms with E-state index in [-0.39, 0.29) is 23.2 Å². The smallest absolute Gasteiger partial charge is 0.229 e. The molecule has 0 unspecified atom stereocenters. The number of ether oxygens (including phenoxy) is 3. The number of nitrogens with one attached hydrogen (secondary N) is 2. The molecule has 41 heavy (non-hydrogen) atoms. The Labute approximate surface area is 241 Å². The van der Waals surface area contributed by atoms with Crippen LogP contribution in [0.3, 0.4) is 0 Å². The summed E-state index contributed by atoms with van der Waals surface area (Å²) < 4.78 is 17.9. The molecule has 2 aromatic heterocycles. The predicted molar refractivity (Wildman–Crippen MR) is 159 cm³/mol. The summed E-state index contributed by atoms with van der Waals surface area (Å²) in [6, 6.07) is 14.8. The first kappa shape index (κ1) is 26.6. The summed E-state index contributed by atoms with van der Waals surface area (Å²) in [5.41, 5.74) is 3.65. The van der Waals surface area contributed by atoms with Crippen LogP contribution in [0.2, 0.25) is 0 Å². The summed E-state index contributed by atoms with van der Waals surface area (Å²) in [6.07, 6.45) is 2.75. The maximum Gasteiger partial charge on any atom is 0.229 e. The third kappa shape index (κ3) is 5.03. The van der Waals surface area contributed by atoms with E-state index >= 15 is 0 Å². The average Bonchev–Trinajstić information content (AvgIpc) is 3.25. The second kappa shape index (κ2) is 10.5. The first-order valence-electron chi connectivity index (χ1n) is 14.7. The van der Waals surface area contributed by atoms with Crippen LogP contribution in [0.4, 0.5) is 29.0 Å². The highest BCUT2D eigenvalue weighted by atomic mass is 16.5. The molecule has 6 heterocycles. The lowest BCUT2D eigenvalue weighted by Crippen LogP contribution is -2.54. The number of morpholine rings is 2. The minimum Gasteiger partial charge on any atom is -0.378 e. The van der Waals surface area contributed by atoms with E-state index in [0.717, 1.165) is 74.4 Å². The predicted octanol–water partition coefficient (Wildman–Crippen LogP) is 4.09. The van der Waals surface area contributed by atoms with Crippen molar-refractivity contribution in [1.29, 1.82) is 0 Å². The summed E-state index contributed by atoms with van der Waals surface area (Å²) in [5, 5.41) is 6.86. The van der Waals surface area contributed by atoms with Crippen molar-refractivity contribution in [3.8, 4) is 0 Å². The molecule has 0 saturated carbocycles. The van der Waals surface area contributed by atoms with Crippen LogP contribution in [0.25, 0.3) is 0 Å². The summed E-state index contributed by atoms with van der Waals surface area (Å²) in [5.74, 6) is 2.32. The monoisotopic (exact) mass is 557 g/mol. The first-order chi connectivity index (χ1) is 19.9. The van der Waals surface area contributed by atoms with Gasteiger partial charge in [-0.15, -0.1) is 0 Å². The highest BCUT2D eigenvalue weighted by Gasteiger charge is 2.55. The zero-order chi connectivity index (χ0) is 28.0. The van der Waals surface area contributed by atoms with Gasteiger partial charge >= 0.3 is 0 Å². The largest absolute Gasteiger partial charge is 0.378 e. The van der Waals surface area contributed by atoms with E-state index in [0.29, 0.717) is 19.2 Å². The first-order valence-corrected chi connectivity index (χ1v) is 14.7. The Hall–Kier alpha value is -3.31. The minimum absolute atomic E-state index is 0.0636. The molecule has 10 nitrogen and oxygen atoms in total. The van der Waals surface area contributed by atoms with Gasteiger partial charge in [-0.05, 0) is 56.7 Å². The van der Waals surface area contributed by atoms with Crippen molar-refractivity contribution in [2.45, 2.75) is 50.4 Å². The molecule has 1 aromatic carbocycles. The van der Waals surface area contributed by atoms with Crippen LogP contribution in [0.1, 0.15) is 44.6 Å². The van der Waals surface area contributed by atoms with Crippen molar-refractivity contribution in [1.82, 2.24) is 20.3 Å². The molecule has 0 spiro atoms. The molecular formula is C31H39N7O3. The van der Waals surface area contributed by atoms with E-state index in [1.807, 2.05) is 6.20 Å². The molecule has 216 valence electrons. The molecule has 4 aliphatic rings. The number of hydrogen-bond acceptors (Lipinski definition) is 10. The normalized spacial score (nSPS) is 27.3. The van der Waals surface area contributed by atoms with Crippen molar-refractivity contribution in [3.63, 3.8) is 0 Å². The molecule has 3 aromatic rings. The van der Waals surface area contributed by atoms with E-state index in [9.17, 15) is 0 Å². The van der Waals surface area contributed by atoms with E-state index in [1.54, 1.807) is 0 Å². The molecule has 3 atom stereocenters. The summed E-state index contributed by atoms with van der Waals surface area (Å²) in [7, 11) is 0. The molecule has 0 radical (unpaired) electrons. The lowest BCUT2D eigenvalue weighted by Gasteiger charge is -2.46. The number of rotatable bonds is 5. The van der Waals surface area contributed by atoms with Crippen molar-refractivity contribution >= 4 is 29.0 Å². The van der Waals surface area contributed by atoms with Gasteiger partial charge in [0, 0.05) is 54.7 Å². The molecule has 2 N–H and O–H groups in total. The number of fused-ring (bicyclic) bond motifs is 3. The van der Waals surface area contributed by atoms with E-state index in [1.165, 1.54) is 5.69 Å². The maximum absolute atomic E-state index is 6.37. The summed E-state index contributed by atoms with van der Waals surface area (Å²) in [6.45, 7) is 12.9. The SMILES string of the molecule is CC1(C)C[C@@H]2N(c3cccc([C@H]4CNCCO4)n3)c3nc(Nc4ccc(N5CCOCC5)cc4)ncc3[C@]2(C)CO1. The number of hydrogen-bond donors (Lipinski definition) is 2. The topological polar surface area (TPSA) is 96.9 Å². The Morgan fingerprint density at radius 3 is 2.61 bits per heavy atom. The Morgan fingerprint density at radius 1 is 1.00 bits per heavy atom. The van der Waals surface area contributed by atoms with Gasteiger partial charge in [0.25, 0.3) is 0 Å². The van der Waals surface area contributed by atoms with Gasteiger partial charge in [0.15, 0.2) is 0 Å². The van der Waals surface area contributed by atoms with Crippen LogP contribution in [0.15, 0.2) is 48.7 Å². The van der Waals surface area contributed by atoms with Gasteiger partial charge in [-0.3, -0.25) is 0 Å². The minimum atomic E-state index is -0.260. The number of benzene rings is 1. The van der Waals surface area contributed by atoms with Crippen molar-refractivity contribution in [2.75, 3.05) is 67.7 Å². The number of nitrogens with zero attached hydrogens (tertiary/aromatic N) is 5. The van der Waals surface area contributed by atoms with Gasteiger partial charge in [0.05, 0.1) is 43.8 Å². The fraction of sp³-hybridized carbons (Fsp3) is 0.516. The van der Waals surface area contributed by atoms with Crippen molar-refractivity contribution < 1.29 is 14.2 Å². The zero-order valence-electron chi connectivity index (χ0n) is 24.1. The van der Waals surface area contributed by atoms with Gasteiger partial charge < -0.3 is 34.6 Å². The quantitative estimate of drug-likeness (QED) is 0.478. The third-order valence-electron chi connectivity index (χ3n) is 8.87. The van der Waals surface area contributed by atoms with Gasteiger partial charge in [-0.25, -0.2) is 9.97 Å². The van der Waals surface area contributed by atoms with Gasteiger partial charge in [0.1, 0.15) is 17.7 Å². The van der Waals surface area contributed by atoms with Gasteiger partial charge in [-0.2, -0.15) is 4.98 Å². The van der Waals surface area contributed by atoms with Crippen LogP contribution in [0, 0.1) is 0 Å². The number of anilines is 5. The van der Waals surface area contributed by atoms with E-state index < -0.39 is 0 Å². The molecule has 3 saturated heterocycles. The molecule has 0 amide bonds. The lowest BCUT2D eigenvalue weighted by molar-refractivity contribution is -0.0893. The van der Waals surface area contributed by atoms with E-state index in [2.05, 4.69) is 83.7 Å². The highest BCUT2D eigenvalue weighted by molar-refractivity contribution is 5.71. The van der Waals surface area contributed by atoms with Crippen LogP contribution < -0.4 is 20.4 Å². The lowest BCUT2D eigenvalue weighted by atomic mass is 9.73. The van der Waals surface area contributed by atoms with E-state index in [4.69, 9.17) is 29.2 Å². The zero-order valence-corrected chi connectivity index (χ0v) is 24.1. The fourth-order valence-corrected chi connectivity index (χ4v) is 6.47.